The van der Waals surface area contributed by atoms with Crippen LogP contribution in [0.3, 0.4) is 0 Å². The lowest BCUT2D eigenvalue weighted by molar-refractivity contribution is 0.110. The molecule has 33 heavy (non-hydrogen) atoms. The second-order valence-corrected chi connectivity index (χ2v) is 8.07. The molecular weight excluding hydrogens is 416 g/mol. The Hall–Kier alpha value is -3.45. The number of pyridine rings is 2. The molecule has 7 heteroatoms. The number of benzene rings is 1. The zero-order valence-electron chi connectivity index (χ0n) is 18.8. The van der Waals surface area contributed by atoms with Crippen molar-refractivity contribution in [3.8, 4) is 11.6 Å². The van der Waals surface area contributed by atoms with Gasteiger partial charge < -0.3 is 14.4 Å². The maximum Gasteiger partial charge on any atom is 0.415 e. The summed E-state index contributed by atoms with van der Waals surface area (Å²) in [5.74, 6) is 1.19. The molecule has 7 nitrogen and oxygen atoms in total. The van der Waals surface area contributed by atoms with Crippen LogP contribution in [-0.2, 0) is 12.8 Å². The molecule has 0 N–H and O–H groups in total. The number of hydrogen-bond donors (Lipinski definition) is 0. The Morgan fingerprint density at radius 2 is 1.73 bits per heavy atom. The molecule has 172 valence electrons. The predicted molar refractivity (Wildman–Crippen MR) is 126 cm³/mol. The van der Waals surface area contributed by atoms with E-state index in [0.29, 0.717) is 31.3 Å². The van der Waals surface area contributed by atoms with Crippen LogP contribution in [0.5, 0.6) is 11.6 Å². The first-order valence-electron chi connectivity index (χ1n) is 11.5. The molecule has 0 atom stereocenters. The number of ether oxygens (including phenoxy) is 2. The quantitative estimate of drug-likeness (QED) is 0.497. The number of carbonyl (C=O) groups excluding carboxylic acids is 1. The number of nitrogens with zero attached hydrogens (tertiary/aromatic N) is 4. The maximum absolute atomic E-state index is 12.5. The molecule has 3 aromatic rings. The number of hydrogen-bond acceptors (Lipinski definition) is 6. The molecule has 3 heterocycles. The van der Waals surface area contributed by atoms with Crippen molar-refractivity contribution in [3.05, 3.63) is 84.3 Å². The molecule has 0 bridgehead atoms. The maximum atomic E-state index is 12.5. The lowest BCUT2D eigenvalue weighted by Gasteiger charge is -2.34. The SMILES string of the molecule is O=C(Oc1ccc(CCOc2ccccn2)cc1)N1CCN(CCCc2cccnc2)CC1. The summed E-state index contributed by atoms with van der Waals surface area (Å²) in [7, 11) is 0. The van der Waals surface area contributed by atoms with Gasteiger partial charge in [-0.25, -0.2) is 9.78 Å². The van der Waals surface area contributed by atoms with Gasteiger partial charge in [-0.15, -0.1) is 0 Å². The molecule has 4 rings (SSSR count). The summed E-state index contributed by atoms with van der Waals surface area (Å²) < 4.78 is 11.2. The minimum absolute atomic E-state index is 0.281. The largest absolute Gasteiger partial charge is 0.477 e. The smallest absolute Gasteiger partial charge is 0.415 e. The van der Waals surface area contributed by atoms with Crippen LogP contribution >= 0.6 is 0 Å². The summed E-state index contributed by atoms with van der Waals surface area (Å²) in [6, 6.07) is 17.3. The fraction of sp³-hybridized carbons (Fsp3) is 0.346. The third-order valence-electron chi connectivity index (χ3n) is 5.70. The summed E-state index contributed by atoms with van der Waals surface area (Å²) in [6.07, 6.45) is 8.04. The minimum atomic E-state index is -0.281. The van der Waals surface area contributed by atoms with Crippen LogP contribution in [0, 0.1) is 0 Å². The van der Waals surface area contributed by atoms with Crippen LogP contribution < -0.4 is 9.47 Å². The number of aromatic nitrogens is 2. The van der Waals surface area contributed by atoms with Gasteiger partial charge in [0.25, 0.3) is 0 Å². The third-order valence-corrected chi connectivity index (χ3v) is 5.70. The third kappa shape index (κ3) is 7.29. The predicted octanol–water partition coefficient (Wildman–Crippen LogP) is 3.85. The first kappa shape index (κ1) is 22.7. The molecule has 2 aromatic heterocycles. The van der Waals surface area contributed by atoms with Crippen LogP contribution in [0.4, 0.5) is 4.79 Å². The molecule has 0 unspecified atom stereocenters. The lowest BCUT2D eigenvalue weighted by atomic mass is 10.1. The zero-order valence-corrected chi connectivity index (χ0v) is 18.8. The van der Waals surface area contributed by atoms with Crippen LogP contribution in [0.15, 0.2) is 73.2 Å². The van der Waals surface area contributed by atoms with Gasteiger partial charge in [-0.1, -0.05) is 24.3 Å². The van der Waals surface area contributed by atoms with Crippen LogP contribution in [0.2, 0.25) is 0 Å². The van der Waals surface area contributed by atoms with E-state index in [4.69, 9.17) is 9.47 Å². The van der Waals surface area contributed by atoms with E-state index in [1.54, 1.807) is 17.3 Å². The molecule has 1 fully saturated rings. The topological polar surface area (TPSA) is 67.8 Å². The van der Waals surface area contributed by atoms with E-state index >= 15 is 0 Å². The molecule has 1 aromatic carbocycles. The van der Waals surface area contributed by atoms with Gasteiger partial charge in [-0.2, -0.15) is 0 Å². The summed E-state index contributed by atoms with van der Waals surface area (Å²) in [5.41, 5.74) is 2.39. The normalized spacial score (nSPS) is 14.1. The van der Waals surface area contributed by atoms with Gasteiger partial charge in [0.1, 0.15) is 5.75 Å². The van der Waals surface area contributed by atoms with E-state index in [9.17, 15) is 4.79 Å². The van der Waals surface area contributed by atoms with E-state index < -0.39 is 0 Å². The summed E-state index contributed by atoms with van der Waals surface area (Å²) >= 11 is 0. The highest BCUT2D eigenvalue weighted by Crippen LogP contribution is 2.15. The van der Waals surface area contributed by atoms with Gasteiger partial charge in [-0.05, 0) is 54.8 Å². The molecule has 0 saturated carbocycles. The molecule has 1 saturated heterocycles. The summed E-state index contributed by atoms with van der Waals surface area (Å²) in [6.45, 7) is 4.70. The van der Waals surface area contributed by atoms with Crippen molar-refractivity contribution in [3.63, 3.8) is 0 Å². The zero-order chi connectivity index (χ0) is 22.7. The molecule has 1 amide bonds. The Morgan fingerprint density at radius 1 is 0.879 bits per heavy atom. The van der Waals surface area contributed by atoms with Gasteiger partial charge >= 0.3 is 6.09 Å². The van der Waals surface area contributed by atoms with E-state index in [1.807, 2.05) is 54.7 Å². The highest BCUT2D eigenvalue weighted by Gasteiger charge is 2.22. The van der Waals surface area contributed by atoms with E-state index in [0.717, 1.165) is 44.5 Å². The molecule has 0 radical (unpaired) electrons. The average Bonchev–Trinajstić information content (AvgIpc) is 2.87. The van der Waals surface area contributed by atoms with Gasteiger partial charge in [0.2, 0.25) is 5.88 Å². The van der Waals surface area contributed by atoms with Crippen molar-refractivity contribution in [2.75, 3.05) is 39.3 Å². The van der Waals surface area contributed by atoms with Crippen LogP contribution in [0.25, 0.3) is 0 Å². The Kier molecular flexibility index (Phi) is 8.25. The lowest BCUT2D eigenvalue weighted by Crippen LogP contribution is -2.49. The first-order valence-corrected chi connectivity index (χ1v) is 11.5. The average molecular weight is 447 g/mol. The molecule has 0 aliphatic carbocycles. The van der Waals surface area contributed by atoms with E-state index in [-0.39, 0.29) is 6.09 Å². The molecule has 0 spiro atoms. The fourth-order valence-electron chi connectivity index (χ4n) is 3.80. The van der Waals surface area contributed by atoms with Crippen LogP contribution in [0.1, 0.15) is 17.5 Å². The first-order chi connectivity index (χ1) is 16.3. The Labute approximate surface area is 195 Å². The number of piperazine rings is 1. The van der Waals surface area contributed by atoms with Crippen molar-refractivity contribution >= 4 is 6.09 Å². The Balaban J connectivity index is 1.14. The van der Waals surface area contributed by atoms with Crippen molar-refractivity contribution in [2.45, 2.75) is 19.3 Å². The molecular formula is C26H30N4O3. The number of rotatable bonds is 9. The van der Waals surface area contributed by atoms with Crippen molar-refractivity contribution in [1.29, 1.82) is 0 Å². The summed E-state index contributed by atoms with van der Waals surface area (Å²) in [5, 5.41) is 0. The standard InChI is InChI=1S/C26H30N4O3/c31-26(30-18-16-29(17-19-30)15-4-6-23-5-3-13-27-21-23)33-24-10-8-22(9-11-24)12-20-32-25-7-1-2-14-28-25/h1-3,5,7-11,13-14,21H,4,6,12,15-20H2. The number of carbonyl (C=O) groups is 1. The highest BCUT2D eigenvalue weighted by molar-refractivity contribution is 5.70. The van der Waals surface area contributed by atoms with Gasteiger partial charge in [0.15, 0.2) is 0 Å². The molecule has 1 aliphatic heterocycles. The van der Waals surface area contributed by atoms with Crippen molar-refractivity contribution in [2.24, 2.45) is 0 Å². The van der Waals surface area contributed by atoms with E-state index in [1.165, 1.54) is 5.56 Å². The second-order valence-electron chi connectivity index (χ2n) is 8.07. The van der Waals surface area contributed by atoms with Gasteiger partial charge in [-0.3, -0.25) is 9.88 Å². The summed E-state index contributed by atoms with van der Waals surface area (Å²) in [4.78, 5) is 25.0. The Morgan fingerprint density at radius 3 is 2.45 bits per heavy atom. The molecule has 1 aliphatic rings. The minimum Gasteiger partial charge on any atom is -0.477 e. The monoisotopic (exact) mass is 446 g/mol. The van der Waals surface area contributed by atoms with Gasteiger partial charge in [0.05, 0.1) is 6.61 Å². The fourth-order valence-corrected chi connectivity index (χ4v) is 3.80. The second kappa shape index (κ2) is 12.0. The van der Waals surface area contributed by atoms with E-state index in [2.05, 4.69) is 20.9 Å². The van der Waals surface area contributed by atoms with Crippen molar-refractivity contribution < 1.29 is 14.3 Å². The van der Waals surface area contributed by atoms with Crippen molar-refractivity contribution in [1.82, 2.24) is 19.8 Å². The van der Waals surface area contributed by atoms with Crippen LogP contribution in [-0.4, -0.2) is 65.2 Å². The Bertz CT molecular complexity index is 975. The highest BCUT2D eigenvalue weighted by atomic mass is 16.6. The van der Waals surface area contributed by atoms with Gasteiger partial charge in [0, 0.05) is 57.3 Å². The number of aryl methyl sites for hydroxylation is 1. The number of amides is 1.